The Hall–Kier alpha value is -2.15. The van der Waals surface area contributed by atoms with Crippen LogP contribution in [0, 0.1) is 5.92 Å². The van der Waals surface area contributed by atoms with Gasteiger partial charge in [0, 0.05) is 52.3 Å². The van der Waals surface area contributed by atoms with Gasteiger partial charge in [0.15, 0.2) is 0 Å². The Labute approximate surface area is 128 Å². The Balaban J connectivity index is 1.88. The number of hydrogen-bond donors (Lipinski definition) is 1. The summed E-state index contributed by atoms with van der Waals surface area (Å²) in [4.78, 5) is 37.5. The van der Waals surface area contributed by atoms with Crippen molar-refractivity contribution in [1.29, 1.82) is 0 Å². The fraction of sp³-hybridized carbons (Fsp3) is 0.533. The molecule has 0 saturated carbocycles. The van der Waals surface area contributed by atoms with Gasteiger partial charge in [-0.2, -0.15) is 0 Å². The summed E-state index contributed by atoms with van der Waals surface area (Å²) < 4.78 is 6.33. The number of aryl methyl sites for hydroxylation is 1. The number of hydrogen-bond acceptors (Lipinski definition) is 4. The fourth-order valence-corrected chi connectivity index (χ4v) is 2.51. The maximum Gasteiger partial charge on any atom is 0.263 e. The van der Waals surface area contributed by atoms with Crippen LogP contribution in [0.15, 0.2) is 23.1 Å². The van der Waals surface area contributed by atoms with Crippen molar-refractivity contribution in [3.05, 3.63) is 34.2 Å². The first-order chi connectivity index (χ1) is 10.5. The van der Waals surface area contributed by atoms with E-state index in [2.05, 4.69) is 5.32 Å². The molecule has 120 valence electrons. The molecule has 1 aliphatic rings. The number of ether oxygens (including phenoxy) is 1. The van der Waals surface area contributed by atoms with Gasteiger partial charge in [0.25, 0.3) is 11.5 Å². The smallest absolute Gasteiger partial charge is 0.263 e. The van der Waals surface area contributed by atoms with Crippen LogP contribution in [-0.4, -0.2) is 54.6 Å². The van der Waals surface area contributed by atoms with Crippen molar-refractivity contribution in [3.63, 3.8) is 0 Å². The number of nitrogens with one attached hydrogen (secondary N) is 1. The normalized spacial score (nSPS) is 17.8. The van der Waals surface area contributed by atoms with E-state index in [0.29, 0.717) is 32.7 Å². The molecule has 7 heteroatoms. The minimum Gasteiger partial charge on any atom is -0.383 e. The molecule has 0 bridgehead atoms. The van der Waals surface area contributed by atoms with Gasteiger partial charge in [-0.25, -0.2) is 0 Å². The van der Waals surface area contributed by atoms with Crippen LogP contribution in [0.1, 0.15) is 16.8 Å². The lowest BCUT2D eigenvalue weighted by Gasteiger charge is -2.16. The summed E-state index contributed by atoms with van der Waals surface area (Å²) in [6, 6.07) is 3.16. The highest BCUT2D eigenvalue weighted by Crippen LogP contribution is 2.16. The third-order valence-corrected chi connectivity index (χ3v) is 3.78. The average Bonchev–Trinajstić information content (AvgIpc) is 2.85. The van der Waals surface area contributed by atoms with Crippen LogP contribution in [0.4, 0.5) is 0 Å². The lowest BCUT2D eigenvalue weighted by atomic mass is 10.1. The highest BCUT2D eigenvalue weighted by atomic mass is 16.5. The SMILES string of the molecule is COCCN1CC(CNC(=O)c2cccn(C)c2=O)CC1=O. The molecular weight excluding hydrogens is 286 g/mol. The molecule has 1 saturated heterocycles. The third-order valence-electron chi connectivity index (χ3n) is 3.78. The van der Waals surface area contributed by atoms with Gasteiger partial charge in [-0.15, -0.1) is 0 Å². The molecule has 1 aromatic rings. The van der Waals surface area contributed by atoms with Crippen molar-refractivity contribution in [2.45, 2.75) is 6.42 Å². The molecule has 0 radical (unpaired) electrons. The standard InChI is InChI=1S/C15H21N3O4/c1-17-5-3-4-12(15(17)21)14(20)16-9-11-8-13(19)18(10-11)6-7-22-2/h3-5,11H,6-10H2,1-2H3,(H,16,20). The van der Waals surface area contributed by atoms with E-state index in [1.807, 2.05) is 0 Å². The Morgan fingerprint density at radius 1 is 1.45 bits per heavy atom. The summed E-state index contributed by atoms with van der Waals surface area (Å²) in [5.74, 6) is -0.253. The number of rotatable bonds is 6. The second kappa shape index (κ2) is 7.22. The Bertz CT molecular complexity index is 611. The second-order valence-corrected chi connectivity index (χ2v) is 5.45. The molecule has 7 nitrogen and oxygen atoms in total. The Kier molecular flexibility index (Phi) is 5.32. The lowest BCUT2D eigenvalue weighted by molar-refractivity contribution is -0.128. The Morgan fingerprint density at radius 3 is 2.95 bits per heavy atom. The summed E-state index contributed by atoms with van der Waals surface area (Å²) >= 11 is 0. The van der Waals surface area contributed by atoms with Crippen molar-refractivity contribution in [3.8, 4) is 0 Å². The number of nitrogens with zero attached hydrogens (tertiary/aromatic N) is 2. The molecule has 1 atom stereocenters. The third kappa shape index (κ3) is 3.73. The van der Waals surface area contributed by atoms with Crippen molar-refractivity contribution in [2.24, 2.45) is 13.0 Å². The van der Waals surface area contributed by atoms with E-state index >= 15 is 0 Å². The van der Waals surface area contributed by atoms with Gasteiger partial charge in [0.2, 0.25) is 5.91 Å². The quantitative estimate of drug-likeness (QED) is 0.776. The average molecular weight is 307 g/mol. The maximum absolute atomic E-state index is 12.1. The van der Waals surface area contributed by atoms with E-state index in [0.717, 1.165) is 0 Å². The first kappa shape index (κ1) is 16.2. The molecule has 2 amide bonds. The van der Waals surface area contributed by atoms with Crippen LogP contribution < -0.4 is 10.9 Å². The number of aromatic nitrogens is 1. The van der Waals surface area contributed by atoms with Crippen molar-refractivity contribution < 1.29 is 14.3 Å². The largest absolute Gasteiger partial charge is 0.383 e. The molecule has 0 aromatic carbocycles. The van der Waals surface area contributed by atoms with Crippen molar-refractivity contribution in [2.75, 3.05) is 33.4 Å². The van der Waals surface area contributed by atoms with Crippen LogP contribution in [0.2, 0.25) is 0 Å². The summed E-state index contributed by atoms with van der Waals surface area (Å²) in [5.41, 5.74) is -0.213. The number of likely N-dealkylation sites (tertiary alicyclic amines) is 1. The highest BCUT2D eigenvalue weighted by Gasteiger charge is 2.29. The number of carbonyl (C=O) groups excluding carboxylic acids is 2. The van der Waals surface area contributed by atoms with Crippen LogP contribution in [0.3, 0.4) is 0 Å². The first-order valence-corrected chi connectivity index (χ1v) is 7.23. The number of pyridine rings is 1. The van der Waals surface area contributed by atoms with Crippen LogP contribution in [-0.2, 0) is 16.6 Å². The minimum atomic E-state index is -0.399. The number of carbonyl (C=O) groups is 2. The predicted molar refractivity (Wildman–Crippen MR) is 80.6 cm³/mol. The summed E-state index contributed by atoms with van der Waals surface area (Å²) in [5, 5.41) is 2.74. The van der Waals surface area contributed by atoms with Gasteiger partial charge in [0.1, 0.15) is 5.56 Å². The molecule has 0 spiro atoms. The molecule has 2 rings (SSSR count). The van der Waals surface area contributed by atoms with Gasteiger partial charge in [-0.1, -0.05) is 0 Å². The van der Waals surface area contributed by atoms with Gasteiger partial charge >= 0.3 is 0 Å². The van der Waals surface area contributed by atoms with Crippen molar-refractivity contribution >= 4 is 11.8 Å². The fourth-order valence-electron chi connectivity index (χ4n) is 2.51. The lowest BCUT2D eigenvalue weighted by Crippen LogP contribution is -2.35. The zero-order chi connectivity index (χ0) is 16.1. The van der Waals surface area contributed by atoms with Gasteiger partial charge in [-0.05, 0) is 12.1 Å². The zero-order valence-corrected chi connectivity index (χ0v) is 12.9. The van der Waals surface area contributed by atoms with E-state index in [4.69, 9.17) is 4.74 Å². The van der Waals surface area contributed by atoms with E-state index in [-0.39, 0.29) is 22.9 Å². The van der Waals surface area contributed by atoms with Crippen LogP contribution in [0.25, 0.3) is 0 Å². The summed E-state index contributed by atoms with van der Waals surface area (Å²) in [6.45, 7) is 2.06. The van der Waals surface area contributed by atoms with E-state index in [1.54, 1.807) is 31.3 Å². The second-order valence-electron chi connectivity index (χ2n) is 5.45. The number of methoxy groups -OCH3 is 1. The molecule has 22 heavy (non-hydrogen) atoms. The number of amides is 2. The van der Waals surface area contributed by atoms with Crippen LogP contribution >= 0.6 is 0 Å². The first-order valence-electron chi connectivity index (χ1n) is 7.23. The van der Waals surface area contributed by atoms with E-state index < -0.39 is 5.91 Å². The van der Waals surface area contributed by atoms with Gasteiger partial charge in [0.05, 0.1) is 6.61 Å². The highest BCUT2D eigenvalue weighted by molar-refractivity contribution is 5.93. The summed E-state index contributed by atoms with van der Waals surface area (Å²) in [6.07, 6.45) is 2.01. The molecule has 1 aliphatic heterocycles. The van der Waals surface area contributed by atoms with Crippen molar-refractivity contribution in [1.82, 2.24) is 14.8 Å². The topological polar surface area (TPSA) is 80.6 Å². The predicted octanol–water partition coefficient (Wildman–Crippen LogP) is -0.390. The minimum absolute atomic E-state index is 0.0703. The molecule has 2 heterocycles. The molecule has 1 N–H and O–H groups in total. The summed E-state index contributed by atoms with van der Waals surface area (Å²) in [7, 11) is 3.20. The zero-order valence-electron chi connectivity index (χ0n) is 12.9. The van der Waals surface area contributed by atoms with Gasteiger partial charge < -0.3 is 19.5 Å². The monoisotopic (exact) mass is 307 g/mol. The van der Waals surface area contributed by atoms with Crippen LogP contribution in [0.5, 0.6) is 0 Å². The molecule has 1 fully saturated rings. The Morgan fingerprint density at radius 2 is 2.23 bits per heavy atom. The molecule has 1 unspecified atom stereocenters. The van der Waals surface area contributed by atoms with E-state index in [1.165, 1.54) is 10.6 Å². The molecule has 1 aromatic heterocycles. The maximum atomic E-state index is 12.1. The van der Waals surface area contributed by atoms with Gasteiger partial charge in [-0.3, -0.25) is 14.4 Å². The molecular formula is C15H21N3O4. The van der Waals surface area contributed by atoms with E-state index in [9.17, 15) is 14.4 Å². The molecule has 0 aliphatic carbocycles.